The zero-order valence-corrected chi connectivity index (χ0v) is 11.9. The number of hydrogen-bond donors (Lipinski definition) is 1. The molecule has 2 heterocycles. The molecule has 3 rings (SSSR count). The van der Waals surface area contributed by atoms with Crippen LogP contribution in [-0.4, -0.2) is 22.2 Å². The van der Waals surface area contributed by atoms with E-state index in [2.05, 4.69) is 38.0 Å². The average molecular weight is 282 g/mol. The first-order chi connectivity index (χ1) is 9.85. The van der Waals surface area contributed by atoms with Crippen molar-refractivity contribution in [3.8, 4) is 11.3 Å². The minimum absolute atomic E-state index is 0.717. The second kappa shape index (κ2) is 5.79. The van der Waals surface area contributed by atoms with E-state index >= 15 is 0 Å². The smallest absolute Gasteiger partial charge is 0.148 e. The standard InChI is InChI=1S/C15H14N4S/c1-16-14-8-7-12(18-19-14)9-15-17-13(10-20-15)11-5-3-2-4-6-11/h2-8,10H,9H2,1H3,(H,16,19). The van der Waals surface area contributed by atoms with E-state index in [1.807, 2.05) is 37.4 Å². The van der Waals surface area contributed by atoms with Crippen molar-refractivity contribution in [1.29, 1.82) is 0 Å². The lowest BCUT2D eigenvalue weighted by molar-refractivity contribution is 0.934. The number of aromatic nitrogens is 3. The van der Waals surface area contributed by atoms with Gasteiger partial charge in [0.05, 0.1) is 16.4 Å². The molecule has 0 radical (unpaired) electrons. The van der Waals surface area contributed by atoms with Crippen LogP contribution >= 0.6 is 11.3 Å². The maximum absolute atomic E-state index is 4.65. The van der Waals surface area contributed by atoms with Crippen LogP contribution in [0.15, 0.2) is 47.8 Å². The van der Waals surface area contributed by atoms with E-state index in [4.69, 9.17) is 0 Å². The lowest BCUT2D eigenvalue weighted by atomic mass is 10.2. The van der Waals surface area contributed by atoms with E-state index < -0.39 is 0 Å². The Hall–Kier alpha value is -2.27. The molecule has 0 saturated heterocycles. The Labute approximate surface area is 121 Å². The third kappa shape index (κ3) is 2.83. The molecule has 0 atom stereocenters. The van der Waals surface area contributed by atoms with Crippen molar-refractivity contribution < 1.29 is 0 Å². The van der Waals surface area contributed by atoms with Gasteiger partial charge in [0.2, 0.25) is 0 Å². The third-order valence-corrected chi connectivity index (χ3v) is 3.78. The minimum atomic E-state index is 0.717. The average Bonchev–Trinajstić information content (AvgIpc) is 2.97. The predicted molar refractivity (Wildman–Crippen MR) is 81.9 cm³/mol. The molecule has 5 heteroatoms. The van der Waals surface area contributed by atoms with Crippen molar-refractivity contribution in [2.45, 2.75) is 6.42 Å². The number of nitrogens with zero attached hydrogens (tertiary/aromatic N) is 3. The first-order valence-corrected chi connectivity index (χ1v) is 7.23. The fraction of sp³-hybridized carbons (Fsp3) is 0.133. The van der Waals surface area contributed by atoms with Crippen molar-refractivity contribution in [2.24, 2.45) is 0 Å². The molecular formula is C15H14N4S. The van der Waals surface area contributed by atoms with Gasteiger partial charge in [-0.1, -0.05) is 30.3 Å². The quantitative estimate of drug-likeness (QED) is 0.798. The second-order valence-electron chi connectivity index (χ2n) is 4.33. The van der Waals surface area contributed by atoms with Gasteiger partial charge in [0, 0.05) is 24.4 Å². The van der Waals surface area contributed by atoms with Crippen LogP contribution in [0.3, 0.4) is 0 Å². The van der Waals surface area contributed by atoms with E-state index in [0.717, 1.165) is 27.8 Å². The number of thiazole rings is 1. The lowest BCUT2D eigenvalue weighted by Crippen LogP contribution is -1.98. The van der Waals surface area contributed by atoms with Gasteiger partial charge in [0.1, 0.15) is 5.82 Å². The molecule has 2 aromatic heterocycles. The first-order valence-electron chi connectivity index (χ1n) is 6.35. The molecule has 0 saturated carbocycles. The van der Waals surface area contributed by atoms with E-state index in [0.29, 0.717) is 6.42 Å². The number of hydrogen-bond acceptors (Lipinski definition) is 5. The Balaban J connectivity index is 1.77. The van der Waals surface area contributed by atoms with Crippen LogP contribution in [0, 0.1) is 0 Å². The Kier molecular flexibility index (Phi) is 3.69. The molecule has 0 fully saturated rings. The molecule has 4 nitrogen and oxygen atoms in total. The van der Waals surface area contributed by atoms with Gasteiger partial charge in [-0.25, -0.2) is 4.98 Å². The summed E-state index contributed by atoms with van der Waals surface area (Å²) >= 11 is 1.65. The Morgan fingerprint density at radius 3 is 2.60 bits per heavy atom. The molecule has 0 aliphatic carbocycles. The highest BCUT2D eigenvalue weighted by Gasteiger charge is 2.06. The Bertz CT molecular complexity index is 677. The highest BCUT2D eigenvalue weighted by Crippen LogP contribution is 2.22. The van der Waals surface area contributed by atoms with Crippen molar-refractivity contribution in [2.75, 3.05) is 12.4 Å². The topological polar surface area (TPSA) is 50.7 Å². The highest BCUT2D eigenvalue weighted by atomic mass is 32.1. The molecule has 0 aliphatic rings. The van der Waals surface area contributed by atoms with Gasteiger partial charge in [0.15, 0.2) is 0 Å². The monoisotopic (exact) mass is 282 g/mol. The summed E-state index contributed by atoms with van der Waals surface area (Å²) in [6.07, 6.45) is 0.717. The second-order valence-corrected chi connectivity index (χ2v) is 5.27. The first kappa shape index (κ1) is 12.7. The van der Waals surface area contributed by atoms with E-state index in [1.54, 1.807) is 11.3 Å². The van der Waals surface area contributed by atoms with Crippen LogP contribution in [-0.2, 0) is 6.42 Å². The summed E-state index contributed by atoms with van der Waals surface area (Å²) in [7, 11) is 1.83. The summed E-state index contributed by atoms with van der Waals surface area (Å²) in [6, 6.07) is 14.1. The van der Waals surface area contributed by atoms with Gasteiger partial charge in [-0.15, -0.1) is 16.4 Å². The number of anilines is 1. The van der Waals surface area contributed by atoms with Crippen LogP contribution in [0.5, 0.6) is 0 Å². The third-order valence-electron chi connectivity index (χ3n) is 2.93. The van der Waals surface area contributed by atoms with Crippen molar-refractivity contribution in [3.63, 3.8) is 0 Å². The number of rotatable bonds is 4. The van der Waals surface area contributed by atoms with Gasteiger partial charge >= 0.3 is 0 Å². The highest BCUT2D eigenvalue weighted by molar-refractivity contribution is 7.10. The van der Waals surface area contributed by atoms with Crippen LogP contribution in [0.2, 0.25) is 0 Å². The molecule has 1 N–H and O–H groups in total. The predicted octanol–water partition coefficient (Wildman–Crippen LogP) is 3.23. The Morgan fingerprint density at radius 2 is 1.90 bits per heavy atom. The van der Waals surface area contributed by atoms with Gasteiger partial charge in [-0.05, 0) is 12.1 Å². The van der Waals surface area contributed by atoms with Gasteiger partial charge in [-0.3, -0.25) is 0 Å². The molecule has 20 heavy (non-hydrogen) atoms. The molecule has 0 aliphatic heterocycles. The maximum Gasteiger partial charge on any atom is 0.148 e. The minimum Gasteiger partial charge on any atom is -0.372 e. The van der Waals surface area contributed by atoms with Crippen LogP contribution < -0.4 is 5.32 Å². The van der Waals surface area contributed by atoms with Crippen molar-refractivity contribution in [3.05, 3.63) is 58.5 Å². The summed E-state index contributed by atoms with van der Waals surface area (Å²) in [6.45, 7) is 0. The summed E-state index contributed by atoms with van der Waals surface area (Å²) in [4.78, 5) is 4.65. The van der Waals surface area contributed by atoms with Crippen LogP contribution in [0.4, 0.5) is 5.82 Å². The zero-order valence-electron chi connectivity index (χ0n) is 11.1. The molecule has 0 bridgehead atoms. The largest absolute Gasteiger partial charge is 0.372 e. The molecule has 0 unspecified atom stereocenters. The van der Waals surface area contributed by atoms with E-state index in [9.17, 15) is 0 Å². The van der Waals surface area contributed by atoms with Crippen molar-refractivity contribution >= 4 is 17.2 Å². The van der Waals surface area contributed by atoms with Gasteiger partial charge in [-0.2, -0.15) is 5.10 Å². The fourth-order valence-electron chi connectivity index (χ4n) is 1.88. The maximum atomic E-state index is 4.65. The van der Waals surface area contributed by atoms with E-state index in [1.165, 1.54) is 0 Å². The Morgan fingerprint density at radius 1 is 1.05 bits per heavy atom. The lowest BCUT2D eigenvalue weighted by Gasteiger charge is -1.99. The molecule has 1 aromatic carbocycles. The molecule has 100 valence electrons. The number of benzene rings is 1. The van der Waals surface area contributed by atoms with E-state index in [-0.39, 0.29) is 0 Å². The summed E-state index contributed by atoms with van der Waals surface area (Å²) in [5, 5.41) is 14.3. The normalized spacial score (nSPS) is 10.4. The van der Waals surface area contributed by atoms with Crippen LogP contribution in [0.25, 0.3) is 11.3 Å². The zero-order chi connectivity index (χ0) is 13.8. The summed E-state index contributed by atoms with van der Waals surface area (Å²) in [5.74, 6) is 0.776. The van der Waals surface area contributed by atoms with Gasteiger partial charge in [0.25, 0.3) is 0 Å². The summed E-state index contributed by atoms with van der Waals surface area (Å²) in [5.41, 5.74) is 3.09. The molecule has 0 amide bonds. The van der Waals surface area contributed by atoms with Crippen LogP contribution in [0.1, 0.15) is 10.7 Å². The van der Waals surface area contributed by atoms with Crippen molar-refractivity contribution in [1.82, 2.24) is 15.2 Å². The fourth-order valence-corrected chi connectivity index (χ4v) is 2.69. The molecule has 3 aromatic rings. The summed E-state index contributed by atoms with van der Waals surface area (Å²) < 4.78 is 0. The van der Waals surface area contributed by atoms with Gasteiger partial charge < -0.3 is 5.32 Å². The molecular weight excluding hydrogens is 268 g/mol. The SMILES string of the molecule is CNc1ccc(Cc2nc(-c3ccccc3)cs2)nn1. The number of nitrogens with one attached hydrogen (secondary N) is 1. The molecule has 0 spiro atoms.